The molecule has 2 N–H and O–H groups in total. The van der Waals surface area contributed by atoms with Gasteiger partial charge in [0, 0.05) is 18.1 Å². The first-order valence-corrected chi connectivity index (χ1v) is 5.17. The van der Waals surface area contributed by atoms with Gasteiger partial charge in [0.1, 0.15) is 0 Å². The van der Waals surface area contributed by atoms with E-state index in [1.54, 1.807) is 0 Å². The largest absolute Gasteiger partial charge is 0.378 e. The monoisotopic (exact) mass is 169 g/mol. The van der Waals surface area contributed by atoms with Crippen LogP contribution >= 0.6 is 0 Å². The Morgan fingerprint density at radius 3 is 2.58 bits per heavy atom. The molecule has 2 rings (SSSR count). The summed E-state index contributed by atoms with van der Waals surface area (Å²) in [5.41, 5.74) is 6.46. The van der Waals surface area contributed by atoms with Crippen LogP contribution in [0.1, 0.15) is 39.0 Å². The minimum atomic E-state index is 0.399. The molecule has 2 aliphatic carbocycles. The zero-order valence-electron chi connectivity index (χ0n) is 7.88. The van der Waals surface area contributed by atoms with Crippen LogP contribution in [0.4, 0.5) is 0 Å². The van der Waals surface area contributed by atoms with Crippen molar-refractivity contribution >= 4 is 0 Å². The first-order chi connectivity index (χ1) is 5.79. The lowest BCUT2D eigenvalue weighted by molar-refractivity contribution is -0.120. The standard InChI is InChI=1S/C10H19NO/c1-2-12-9-7-8(11)10(9)5-3-4-6-10/h8-9H,2-7,11H2,1H3. The quantitative estimate of drug-likeness (QED) is 0.682. The van der Waals surface area contributed by atoms with E-state index in [1.807, 2.05) is 0 Å². The van der Waals surface area contributed by atoms with Gasteiger partial charge >= 0.3 is 0 Å². The maximum atomic E-state index is 6.06. The van der Waals surface area contributed by atoms with Gasteiger partial charge in [-0.25, -0.2) is 0 Å². The molecule has 12 heavy (non-hydrogen) atoms. The molecular formula is C10H19NO. The van der Waals surface area contributed by atoms with E-state index in [-0.39, 0.29) is 0 Å². The molecule has 2 nitrogen and oxygen atoms in total. The van der Waals surface area contributed by atoms with Crippen LogP contribution in [0.5, 0.6) is 0 Å². The average molecular weight is 169 g/mol. The molecule has 2 saturated carbocycles. The van der Waals surface area contributed by atoms with Gasteiger partial charge in [0.05, 0.1) is 6.10 Å². The lowest BCUT2D eigenvalue weighted by atomic mass is 9.61. The molecule has 70 valence electrons. The molecular weight excluding hydrogens is 150 g/mol. The van der Waals surface area contributed by atoms with E-state index in [1.165, 1.54) is 25.7 Å². The first kappa shape index (κ1) is 8.52. The summed E-state index contributed by atoms with van der Waals surface area (Å²) in [5.74, 6) is 0. The predicted molar refractivity (Wildman–Crippen MR) is 48.9 cm³/mol. The van der Waals surface area contributed by atoms with Gasteiger partial charge in [0.25, 0.3) is 0 Å². The van der Waals surface area contributed by atoms with E-state index in [0.29, 0.717) is 17.6 Å². The molecule has 2 heteroatoms. The number of nitrogens with two attached hydrogens (primary N) is 1. The third-order valence-corrected chi connectivity index (χ3v) is 3.75. The van der Waals surface area contributed by atoms with Crippen LogP contribution in [0, 0.1) is 5.41 Å². The van der Waals surface area contributed by atoms with Gasteiger partial charge in [-0.15, -0.1) is 0 Å². The van der Waals surface area contributed by atoms with Crippen LogP contribution in [0.25, 0.3) is 0 Å². The lowest BCUT2D eigenvalue weighted by Gasteiger charge is -2.52. The molecule has 0 aromatic rings. The molecule has 0 aliphatic heterocycles. The van der Waals surface area contributed by atoms with Crippen molar-refractivity contribution in [3.05, 3.63) is 0 Å². The van der Waals surface area contributed by atoms with Crippen molar-refractivity contribution in [3.8, 4) is 0 Å². The number of ether oxygens (including phenoxy) is 1. The highest BCUT2D eigenvalue weighted by Crippen LogP contribution is 2.53. The number of hydrogen-bond donors (Lipinski definition) is 1. The highest BCUT2D eigenvalue weighted by molar-refractivity contribution is 5.08. The Morgan fingerprint density at radius 1 is 1.42 bits per heavy atom. The van der Waals surface area contributed by atoms with Crippen LogP contribution in [-0.2, 0) is 4.74 Å². The van der Waals surface area contributed by atoms with Gasteiger partial charge in [-0.2, -0.15) is 0 Å². The normalized spacial score (nSPS) is 38.5. The molecule has 0 saturated heterocycles. The summed E-state index contributed by atoms with van der Waals surface area (Å²) in [5, 5.41) is 0. The molecule has 2 fully saturated rings. The summed E-state index contributed by atoms with van der Waals surface area (Å²) in [4.78, 5) is 0. The first-order valence-electron chi connectivity index (χ1n) is 5.17. The summed E-state index contributed by atoms with van der Waals surface area (Å²) < 4.78 is 5.71. The molecule has 2 aliphatic rings. The van der Waals surface area contributed by atoms with Gasteiger partial charge in [-0.1, -0.05) is 12.8 Å². The molecule has 0 radical (unpaired) electrons. The lowest BCUT2D eigenvalue weighted by Crippen LogP contribution is -2.60. The highest BCUT2D eigenvalue weighted by atomic mass is 16.5. The second-order valence-electron chi connectivity index (χ2n) is 4.23. The molecule has 0 heterocycles. The molecule has 0 bridgehead atoms. The Morgan fingerprint density at radius 2 is 2.08 bits per heavy atom. The van der Waals surface area contributed by atoms with E-state index in [9.17, 15) is 0 Å². The molecule has 1 spiro atoms. The van der Waals surface area contributed by atoms with Crippen molar-refractivity contribution < 1.29 is 4.74 Å². The summed E-state index contributed by atoms with van der Waals surface area (Å²) in [6, 6.07) is 0.427. The fourth-order valence-corrected chi connectivity index (χ4v) is 2.94. The van der Waals surface area contributed by atoms with Crippen LogP contribution in [0.15, 0.2) is 0 Å². The summed E-state index contributed by atoms with van der Waals surface area (Å²) in [6.07, 6.45) is 6.90. The Balaban J connectivity index is 2.00. The molecule has 0 aromatic heterocycles. The van der Waals surface area contributed by atoms with Gasteiger partial charge in [-0.3, -0.25) is 0 Å². The maximum Gasteiger partial charge on any atom is 0.0660 e. The van der Waals surface area contributed by atoms with E-state index < -0.39 is 0 Å². The summed E-state index contributed by atoms with van der Waals surface area (Å²) in [7, 11) is 0. The van der Waals surface area contributed by atoms with Crippen LogP contribution in [0.3, 0.4) is 0 Å². The van der Waals surface area contributed by atoms with E-state index >= 15 is 0 Å². The van der Waals surface area contributed by atoms with Crippen LogP contribution in [-0.4, -0.2) is 18.8 Å². The Bertz CT molecular complexity index is 161. The zero-order chi connectivity index (χ0) is 8.60. The molecule has 2 atom stereocenters. The van der Waals surface area contributed by atoms with Crippen LogP contribution in [0.2, 0.25) is 0 Å². The van der Waals surface area contributed by atoms with Crippen molar-refractivity contribution in [2.45, 2.75) is 51.2 Å². The fourth-order valence-electron chi connectivity index (χ4n) is 2.94. The minimum absolute atomic E-state index is 0.399. The molecule has 0 amide bonds. The van der Waals surface area contributed by atoms with Crippen LogP contribution < -0.4 is 5.73 Å². The van der Waals surface area contributed by atoms with Crippen molar-refractivity contribution in [1.29, 1.82) is 0 Å². The van der Waals surface area contributed by atoms with Gasteiger partial charge in [0.2, 0.25) is 0 Å². The highest BCUT2D eigenvalue weighted by Gasteiger charge is 2.54. The molecule has 0 aromatic carbocycles. The van der Waals surface area contributed by atoms with Crippen molar-refractivity contribution in [2.24, 2.45) is 11.1 Å². The Kier molecular flexibility index (Phi) is 2.13. The third-order valence-electron chi connectivity index (χ3n) is 3.75. The Labute approximate surface area is 74.5 Å². The molecule has 2 unspecified atom stereocenters. The smallest absolute Gasteiger partial charge is 0.0660 e. The second-order valence-corrected chi connectivity index (χ2v) is 4.23. The maximum absolute atomic E-state index is 6.06. The number of hydrogen-bond acceptors (Lipinski definition) is 2. The van der Waals surface area contributed by atoms with Gasteiger partial charge in [0.15, 0.2) is 0 Å². The third kappa shape index (κ3) is 1.01. The van der Waals surface area contributed by atoms with E-state index in [4.69, 9.17) is 10.5 Å². The Hall–Kier alpha value is -0.0800. The average Bonchev–Trinajstić information content (AvgIpc) is 2.55. The van der Waals surface area contributed by atoms with Crippen molar-refractivity contribution in [3.63, 3.8) is 0 Å². The fraction of sp³-hybridized carbons (Fsp3) is 1.00. The SMILES string of the molecule is CCOC1CC(N)C12CCCC2. The van der Waals surface area contributed by atoms with Gasteiger partial charge < -0.3 is 10.5 Å². The second kappa shape index (κ2) is 3.00. The van der Waals surface area contributed by atoms with Gasteiger partial charge in [-0.05, 0) is 26.2 Å². The number of rotatable bonds is 2. The predicted octanol–water partition coefficient (Wildman–Crippen LogP) is 1.68. The minimum Gasteiger partial charge on any atom is -0.378 e. The summed E-state index contributed by atoms with van der Waals surface area (Å²) in [6.45, 7) is 2.92. The van der Waals surface area contributed by atoms with Crippen molar-refractivity contribution in [2.75, 3.05) is 6.61 Å². The summed E-state index contributed by atoms with van der Waals surface area (Å²) >= 11 is 0. The van der Waals surface area contributed by atoms with Crippen molar-refractivity contribution in [1.82, 2.24) is 0 Å². The zero-order valence-corrected chi connectivity index (χ0v) is 7.88. The topological polar surface area (TPSA) is 35.2 Å². The van der Waals surface area contributed by atoms with E-state index in [2.05, 4.69) is 6.92 Å². The van der Waals surface area contributed by atoms with E-state index in [0.717, 1.165) is 13.0 Å².